The lowest BCUT2D eigenvalue weighted by Gasteiger charge is -2.24. The van der Waals surface area contributed by atoms with Crippen LogP contribution in [0.1, 0.15) is 142 Å². The van der Waals surface area contributed by atoms with Gasteiger partial charge < -0.3 is 24.0 Å². The van der Waals surface area contributed by atoms with E-state index in [2.05, 4.69) is 62.5 Å². The third kappa shape index (κ3) is 41.1. The zero-order chi connectivity index (χ0) is 41.4. The molecule has 0 aromatic heterocycles. The van der Waals surface area contributed by atoms with Crippen LogP contribution in [0.5, 0.6) is 0 Å². The molecule has 0 rings (SSSR count). The summed E-state index contributed by atoms with van der Waals surface area (Å²) in [6.45, 7) is 4.52. The summed E-state index contributed by atoms with van der Waals surface area (Å²) < 4.78 is 34.6. The van der Waals surface area contributed by atoms with Crippen molar-refractivity contribution in [2.24, 2.45) is 0 Å². The van der Waals surface area contributed by atoms with Gasteiger partial charge in [0.25, 0.3) is 0 Å². The van der Waals surface area contributed by atoms with Crippen LogP contribution >= 0.6 is 7.82 Å². The van der Waals surface area contributed by atoms with Crippen molar-refractivity contribution in [2.75, 3.05) is 47.5 Å². The number of aliphatic hydroxyl groups excluding tert-OH is 1. The second-order valence-corrected chi connectivity index (χ2v) is 16.7. The van der Waals surface area contributed by atoms with Crippen LogP contribution in [0.15, 0.2) is 85.3 Å². The SMILES string of the molecule is CC/C=C\C/C=C\C/C=C\C/C=C\C=C\C(O)CCCC(=O)OC[C@H](COP(=O)(O)OCC[N+](C)(C)C)O/C=C/CCCCCC/C=C\CCCCCCCC. The molecule has 0 aromatic carbocycles. The van der Waals surface area contributed by atoms with E-state index in [-0.39, 0.29) is 26.2 Å². The van der Waals surface area contributed by atoms with E-state index < -0.39 is 26.0 Å². The Kier molecular flexibility index (Phi) is 36.3. The van der Waals surface area contributed by atoms with Crippen LogP contribution in [0.4, 0.5) is 0 Å². The van der Waals surface area contributed by atoms with E-state index in [9.17, 15) is 19.4 Å². The number of likely N-dealkylation sites (N-methyl/N-ethyl adjacent to an activating group) is 1. The van der Waals surface area contributed by atoms with Gasteiger partial charge in [-0.2, -0.15) is 0 Å². The van der Waals surface area contributed by atoms with Gasteiger partial charge in [-0.3, -0.25) is 13.8 Å². The Morgan fingerprint density at radius 1 is 0.679 bits per heavy atom. The molecule has 0 aliphatic carbocycles. The van der Waals surface area contributed by atoms with Crippen molar-refractivity contribution in [3.8, 4) is 0 Å². The Bertz CT molecular complexity index is 1180. The highest BCUT2D eigenvalue weighted by Gasteiger charge is 2.25. The lowest BCUT2D eigenvalue weighted by atomic mass is 10.1. The zero-order valence-electron chi connectivity index (χ0n) is 35.9. The molecule has 0 saturated heterocycles. The molecule has 0 fully saturated rings. The average molecular weight is 807 g/mol. The van der Waals surface area contributed by atoms with Gasteiger partial charge in [-0.05, 0) is 83.1 Å². The van der Waals surface area contributed by atoms with Crippen LogP contribution in [-0.2, 0) is 27.9 Å². The van der Waals surface area contributed by atoms with Crippen LogP contribution in [0, 0.1) is 0 Å². The molecule has 0 bridgehead atoms. The molecular formula is C46H81NO8P+. The minimum atomic E-state index is -4.32. The molecule has 322 valence electrons. The molecule has 0 aliphatic rings. The van der Waals surface area contributed by atoms with E-state index >= 15 is 0 Å². The molecule has 2 N–H and O–H groups in total. The summed E-state index contributed by atoms with van der Waals surface area (Å²) in [5.74, 6) is -0.443. The second kappa shape index (κ2) is 38.0. The number of aliphatic hydroxyl groups is 1. The fraction of sp³-hybridized carbons (Fsp3) is 0.674. The average Bonchev–Trinajstić information content (AvgIpc) is 3.14. The van der Waals surface area contributed by atoms with Crippen molar-refractivity contribution < 1.29 is 42.4 Å². The van der Waals surface area contributed by atoms with Crippen LogP contribution in [-0.4, -0.2) is 80.2 Å². The molecule has 0 aliphatic heterocycles. The largest absolute Gasteiger partial charge is 0.492 e. The first kappa shape index (κ1) is 53.5. The third-order valence-electron chi connectivity index (χ3n) is 8.63. The minimum absolute atomic E-state index is 0.0532. The summed E-state index contributed by atoms with van der Waals surface area (Å²) in [6.07, 6.45) is 47.5. The summed E-state index contributed by atoms with van der Waals surface area (Å²) in [7, 11) is 1.55. The number of quaternary nitrogens is 1. The van der Waals surface area contributed by atoms with Gasteiger partial charge in [0.2, 0.25) is 0 Å². The predicted molar refractivity (Wildman–Crippen MR) is 234 cm³/mol. The number of unbranched alkanes of at least 4 members (excludes halogenated alkanes) is 11. The summed E-state index contributed by atoms with van der Waals surface area (Å²) in [6, 6.07) is 0. The number of hydrogen-bond acceptors (Lipinski definition) is 7. The molecule has 56 heavy (non-hydrogen) atoms. The Hall–Kier alpha value is -2.52. The zero-order valence-corrected chi connectivity index (χ0v) is 36.8. The van der Waals surface area contributed by atoms with E-state index in [0.29, 0.717) is 23.9 Å². The van der Waals surface area contributed by atoms with Crippen molar-refractivity contribution in [2.45, 2.75) is 154 Å². The van der Waals surface area contributed by atoms with Crippen LogP contribution < -0.4 is 0 Å². The number of nitrogens with zero attached hydrogens (tertiary/aromatic N) is 1. The van der Waals surface area contributed by atoms with Crippen molar-refractivity contribution in [1.29, 1.82) is 0 Å². The second-order valence-electron chi connectivity index (χ2n) is 15.2. The summed E-state index contributed by atoms with van der Waals surface area (Å²) >= 11 is 0. The first-order valence-corrected chi connectivity index (χ1v) is 23.0. The number of rotatable bonds is 38. The molecule has 0 radical (unpaired) electrons. The molecule has 0 heterocycles. The Morgan fingerprint density at radius 3 is 1.86 bits per heavy atom. The van der Waals surface area contributed by atoms with Crippen molar-refractivity contribution in [3.05, 3.63) is 85.3 Å². The number of phosphoric acid groups is 1. The number of ether oxygens (including phenoxy) is 2. The molecule has 2 unspecified atom stereocenters. The normalized spacial score (nSPS) is 15.1. The van der Waals surface area contributed by atoms with E-state index in [4.69, 9.17) is 18.5 Å². The fourth-order valence-corrected chi connectivity index (χ4v) is 5.95. The standard InChI is InChI=1S/C46H80NO8P/c1-6-8-10-12-14-16-18-20-21-22-24-26-28-30-32-34-40-52-45(43-55-56(50,51)54-41-39-47(3,4)5)42-53-46(49)38-35-37-44(48)36-33-31-29-27-25-23-19-17-15-13-11-9-7-2/h9,11,15,17,20-21,23,25,29,31,33-34,36,40,44-45,48H,6-8,10,12-14,16,18-19,22,24,26-28,30,32,35,37-39,41-43H2,1-5H3/p+1/b11-9-,17-15-,21-20-,25-23-,31-29-,36-33+,40-34+/t44?,45-/m1/s1. The topological polar surface area (TPSA) is 112 Å². The lowest BCUT2D eigenvalue weighted by molar-refractivity contribution is -0.870. The van der Waals surface area contributed by atoms with Gasteiger partial charge in [0.1, 0.15) is 19.8 Å². The summed E-state index contributed by atoms with van der Waals surface area (Å²) in [4.78, 5) is 22.7. The lowest BCUT2D eigenvalue weighted by Crippen LogP contribution is -2.37. The van der Waals surface area contributed by atoms with Gasteiger partial charge in [-0.25, -0.2) is 4.57 Å². The number of carbonyl (C=O) groups excluding carboxylic acids is 1. The Morgan fingerprint density at radius 2 is 1.25 bits per heavy atom. The maximum absolute atomic E-state index is 12.5. The first-order chi connectivity index (χ1) is 27.0. The number of phosphoric ester groups is 1. The fourth-order valence-electron chi connectivity index (χ4n) is 5.21. The highest BCUT2D eigenvalue weighted by atomic mass is 31.2. The highest BCUT2D eigenvalue weighted by molar-refractivity contribution is 7.47. The number of carbonyl (C=O) groups is 1. The molecule has 0 aromatic rings. The van der Waals surface area contributed by atoms with E-state index in [0.717, 1.165) is 51.4 Å². The molecule has 0 amide bonds. The third-order valence-corrected chi connectivity index (χ3v) is 9.62. The molecule has 0 saturated carbocycles. The van der Waals surface area contributed by atoms with Crippen LogP contribution in [0.3, 0.4) is 0 Å². The minimum Gasteiger partial charge on any atom is -0.492 e. The number of esters is 1. The van der Waals surface area contributed by atoms with Gasteiger partial charge in [-0.1, -0.05) is 132 Å². The Balaban J connectivity index is 4.54. The maximum Gasteiger partial charge on any atom is 0.472 e. The maximum atomic E-state index is 12.5. The number of hydrogen-bond donors (Lipinski definition) is 2. The Labute approximate surface area is 342 Å². The van der Waals surface area contributed by atoms with Crippen LogP contribution in [0.2, 0.25) is 0 Å². The van der Waals surface area contributed by atoms with Crippen molar-refractivity contribution in [1.82, 2.24) is 0 Å². The monoisotopic (exact) mass is 807 g/mol. The van der Waals surface area contributed by atoms with Crippen molar-refractivity contribution in [3.63, 3.8) is 0 Å². The molecule has 9 nitrogen and oxygen atoms in total. The predicted octanol–water partition coefficient (Wildman–Crippen LogP) is 11.8. The van der Waals surface area contributed by atoms with E-state index in [1.165, 1.54) is 57.8 Å². The van der Waals surface area contributed by atoms with Gasteiger partial charge in [0.15, 0.2) is 6.10 Å². The summed E-state index contributed by atoms with van der Waals surface area (Å²) in [5, 5.41) is 10.3. The molecule has 0 spiro atoms. The van der Waals surface area contributed by atoms with Gasteiger partial charge in [-0.15, -0.1) is 0 Å². The number of allylic oxidation sites excluding steroid dienone is 12. The van der Waals surface area contributed by atoms with Gasteiger partial charge >= 0.3 is 13.8 Å². The quantitative estimate of drug-likeness (QED) is 0.0121. The van der Waals surface area contributed by atoms with Gasteiger partial charge in [0.05, 0.1) is 40.1 Å². The molecular weight excluding hydrogens is 725 g/mol. The van der Waals surface area contributed by atoms with Crippen LogP contribution in [0.25, 0.3) is 0 Å². The highest BCUT2D eigenvalue weighted by Crippen LogP contribution is 2.43. The molecule has 10 heteroatoms. The van der Waals surface area contributed by atoms with Crippen molar-refractivity contribution >= 4 is 13.8 Å². The van der Waals surface area contributed by atoms with Gasteiger partial charge in [0, 0.05) is 6.42 Å². The first-order valence-electron chi connectivity index (χ1n) is 21.5. The summed E-state index contributed by atoms with van der Waals surface area (Å²) in [5.41, 5.74) is 0. The smallest absolute Gasteiger partial charge is 0.472 e. The van der Waals surface area contributed by atoms with E-state index in [1.54, 1.807) is 12.3 Å². The molecule has 3 atom stereocenters. The van der Waals surface area contributed by atoms with E-state index in [1.807, 2.05) is 45.4 Å².